The summed E-state index contributed by atoms with van der Waals surface area (Å²) < 4.78 is 0. The molecular weight excluding hydrogens is 885 g/mol. The average Bonchev–Trinajstić information content (AvgIpc) is 3.78. The van der Waals surface area contributed by atoms with Gasteiger partial charge in [0.2, 0.25) is 0 Å². The molecule has 0 spiro atoms. The minimum atomic E-state index is 0.353. The van der Waals surface area contributed by atoms with Gasteiger partial charge in [-0.1, -0.05) is 152 Å². The Labute approximate surface area is 418 Å². The van der Waals surface area contributed by atoms with Crippen molar-refractivity contribution in [2.45, 2.75) is 54.9 Å². The van der Waals surface area contributed by atoms with Gasteiger partial charge in [-0.15, -0.1) is 23.1 Å². The van der Waals surface area contributed by atoms with Crippen molar-refractivity contribution >= 4 is 101 Å². The third-order valence-electron chi connectivity index (χ3n) is 16.2. The third-order valence-corrected chi connectivity index (χ3v) is 19.0. The maximum Gasteiger partial charge on any atom is 0.0540 e. The van der Waals surface area contributed by atoms with Crippen LogP contribution in [0.1, 0.15) is 58.9 Å². The first kappa shape index (κ1) is 40.7. The molecule has 4 atom stereocenters. The van der Waals surface area contributed by atoms with Crippen molar-refractivity contribution in [3.8, 4) is 0 Å². The summed E-state index contributed by atoms with van der Waals surface area (Å²) in [5, 5.41) is 11.1. The van der Waals surface area contributed by atoms with E-state index in [4.69, 9.17) is 0 Å². The van der Waals surface area contributed by atoms with Gasteiger partial charge in [-0.3, -0.25) is 0 Å². The molecule has 336 valence electrons. The van der Waals surface area contributed by atoms with Gasteiger partial charge in [0.15, 0.2) is 0 Å². The van der Waals surface area contributed by atoms with Crippen LogP contribution in [0.3, 0.4) is 0 Å². The lowest BCUT2D eigenvalue weighted by molar-refractivity contribution is 0.575. The van der Waals surface area contributed by atoms with Crippen LogP contribution in [0.15, 0.2) is 228 Å². The summed E-state index contributed by atoms with van der Waals surface area (Å²) in [4.78, 5) is 8.11. The van der Waals surface area contributed by atoms with Crippen LogP contribution in [-0.4, -0.2) is 10.5 Å². The van der Waals surface area contributed by atoms with Crippen molar-refractivity contribution in [3.05, 3.63) is 249 Å². The molecule has 5 aliphatic carbocycles. The van der Waals surface area contributed by atoms with Crippen molar-refractivity contribution in [1.29, 1.82) is 0 Å². The second-order valence-corrected chi connectivity index (χ2v) is 22.5. The van der Waals surface area contributed by atoms with E-state index in [1.807, 2.05) is 11.3 Å². The van der Waals surface area contributed by atoms with Crippen LogP contribution < -0.4 is 9.80 Å². The number of thioether (sulfide) groups is 1. The quantitative estimate of drug-likeness (QED) is 0.164. The SMILES string of the molecule is C1=C2C3=CC=C(N(c4ccc5ccccc5c4)c4cccc5ccccc45)C4=CCCC(SC2Cc2c1sc1c2C2CCCC=C2C(N(c2ccc5ccccc5c2)c2cccc5ccccc25)=C1)C34. The van der Waals surface area contributed by atoms with E-state index in [0.717, 1.165) is 19.3 Å². The molecule has 1 fully saturated rings. The highest BCUT2D eigenvalue weighted by Gasteiger charge is 2.46. The number of hydrogen-bond donors (Lipinski definition) is 0. The van der Waals surface area contributed by atoms with E-state index in [1.165, 1.54) is 117 Å². The monoisotopic (exact) mass is 934 g/mol. The molecular formula is C66H50N2S2. The van der Waals surface area contributed by atoms with Gasteiger partial charge in [0.1, 0.15) is 0 Å². The number of allylic oxidation sites excluding steroid dienone is 7. The van der Waals surface area contributed by atoms with Gasteiger partial charge < -0.3 is 9.80 Å². The molecule has 8 aromatic carbocycles. The first-order chi connectivity index (χ1) is 34.7. The topological polar surface area (TPSA) is 6.48 Å². The van der Waals surface area contributed by atoms with Crippen LogP contribution in [0.4, 0.5) is 22.7 Å². The van der Waals surface area contributed by atoms with Gasteiger partial charge in [0.05, 0.1) is 17.1 Å². The Morgan fingerprint density at radius 2 is 1.06 bits per heavy atom. The molecule has 4 heteroatoms. The highest BCUT2D eigenvalue weighted by Crippen LogP contribution is 2.59. The molecule has 0 N–H and O–H groups in total. The predicted molar refractivity (Wildman–Crippen MR) is 301 cm³/mol. The standard InChI is InChI=1S/C66H50N2S2/c1-3-18-45-36-47(32-30-41(45)14-1)67(57-27-11-20-43-16-5-7-22-49(43)57)59-35-34-53-55-38-63-56(39-62(55)69-61-29-13-26-54(59)65(53)61)66-52-25-10-9-24-51(52)60(40-64(66)70-63)68(48-33-31-42-15-2-4-19-46(42)37-48)58-28-12-21-44-17-6-8-23-50(44)58/h1-8,11-12,14-24,26-28,30-38,40,52,61-62,65H,9-10,13,25,29,39H2. The molecule has 2 nitrogen and oxygen atoms in total. The number of rotatable bonds is 6. The normalized spacial score (nSPS) is 21.0. The van der Waals surface area contributed by atoms with Crippen molar-refractivity contribution in [2.75, 3.05) is 9.80 Å². The minimum Gasteiger partial charge on any atom is -0.310 e. The molecule has 0 radical (unpaired) electrons. The zero-order chi connectivity index (χ0) is 45.9. The van der Waals surface area contributed by atoms with Gasteiger partial charge in [0, 0.05) is 59.9 Å². The highest BCUT2D eigenvalue weighted by atomic mass is 32.2. The molecule has 0 saturated carbocycles. The summed E-state index contributed by atoms with van der Waals surface area (Å²) in [6.07, 6.45) is 22.4. The lowest BCUT2D eigenvalue weighted by Gasteiger charge is -2.47. The van der Waals surface area contributed by atoms with Gasteiger partial charge in [0.25, 0.3) is 0 Å². The molecule has 6 aliphatic rings. The van der Waals surface area contributed by atoms with Crippen LogP contribution in [0.5, 0.6) is 0 Å². The second-order valence-electron chi connectivity index (χ2n) is 20.0. The van der Waals surface area contributed by atoms with Crippen LogP contribution in [0.2, 0.25) is 0 Å². The van der Waals surface area contributed by atoms with Crippen molar-refractivity contribution in [2.24, 2.45) is 5.92 Å². The van der Waals surface area contributed by atoms with Gasteiger partial charge in [-0.05, 0) is 159 Å². The van der Waals surface area contributed by atoms with E-state index < -0.39 is 0 Å². The Kier molecular flexibility index (Phi) is 9.45. The fraction of sp³-hybridized carbons (Fsp3) is 0.152. The summed E-state index contributed by atoms with van der Waals surface area (Å²) in [6, 6.07) is 63.1. The zero-order valence-electron chi connectivity index (χ0n) is 38.9. The molecule has 0 bridgehead atoms. The molecule has 1 aliphatic heterocycles. The van der Waals surface area contributed by atoms with Crippen LogP contribution in [0.25, 0.3) is 55.2 Å². The minimum absolute atomic E-state index is 0.353. The highest BCUT2D eigenvalue weighted by molar-refractivity contribution is 8.00. The Hall–Kier alpha value is -7.11. The largest absolute Gasteiger partial charge is 0.310 e. The van der Waals surface area contributed by atoms with Gasteiger partial charge in [-0.25, -0.2) is 0 Å². The average molecular weight is 935 g/mol. The second kappa shape index (κ2) is 16.2. The van der Waals surface area contributed by atoms with E-state index in [2.05, 4.69) is 228 Å². The summed E-state index contributed by atoms with van der Waals surface area (Å²) in [5.74, 6) is 0.739. The Balaban J connectivity index is 0.881. The fourth-order valence-electron chi connectivity index (χ4n) is 13.1. The predicted octanol–water partition coefficient (Wildman–Crippen LogP) is 18.2. The Bertz CT molecular complexity index is 3860. The molecule has 4 unspecified atom stereocenters. The maximum atomic E-state index is 2.66. The molecule has 9 aromatic rings. The van der Waals surface area contributed by atoms with E-state index in [0.29, 0.717) is 22.3 Å². The molecule has 1 saturated heterocycles. The van der Waals surface area contributed by atoms with E-state index in [-0.39, 0.29) is 0 Å². The van der Waals surface area contributed by atoms with E-state index in [1.54, 1.807) is 22.3 Å². The van der Waals surface area contributed by atoms with Gasteiger partial charge >= 0.3 is 0 Å². The number of benzene rings is 8. The molecule has 1 aromatic heterocycles. The molecule has 70 heavy (non-hydrogen) atoms. The lowest BCUT2D eigenvalue weighted by atomic mass is 9.71. The number of anilines is 4. The first-order valence-corrected chi connectivity index (χ1v) is 27.1. The lowest BCUT2D eigenvalue weighted by Crippen LogP contribution is -2.39. The smallest absolute Gasteiger partial charge is 0.0540 e. The first-order valence-electron chi connectivity index (χ1n) is 25.3. The van der Waals surface area contributed by atoms with E-state index in [9.17, 15) is 0 Å². The molecule has 2 heterocycles. The number of thiophene rings is 1. The number of hydrogen-bond acceptors (Lipinski definition) is 4. The van der Waals surface area contributed by atoms with Crippen molar-refractivity contribution < 1.29 is 0 Å². The summed E-state index contributed by atoms with van der Waals surface area (Å²) >= 11 is 4.33. The summed E-state index contributed by atoms with van der Waals surface area (Å²) in [6.45, 7) is 0. The Morgan fingerprint density at radius 1 is 0.457 bits per heavy atom. The molecule has 0 amide bonds. The number of fused-ring (bicyclic) bond motifs is 11. The van der Waals surface area contributed by atoms with E-state index >= 15 is 0 Å². The van der Waals surface area contributed by atoms with Crippen LogP contribution in [-0.2, 0) is 6.42 Å². The van der Waals surface area contributed by atoms with Crippen molar-refractivity contribution in [1.82, 2.24) is 0 Å². The zero-order valence-corrected chi connectivity index (χ0v) is 40.5. The third kappa shape index (κ3) is 6.39. The fourth-order valence-corrected chi connectivity index (χ4v) is 16.1. The number of nitrogens with zero attached hydrogens (tertiary/aromatic N) is 2. The maximum absolute atomic E-state index is 2.66. The molecule has 15 rings (SSSR count). The Morgan fingerprint density at radius 3 is 1.74 bits per heavy atom. The van der Waals surface area contributed by atoms with Crippen LogP contribution in [0, 0.1) is 5.92 Å². The summed E-state index contributed by atoms with van der Waals surface area (Å²) in [5.41, 5.74) is 16.9. The van der Waals surface area contributed by atoms with Gasteiger partial charge in [-0.2, -0.15) is 0 Å². The van der Waals surface area contributed by atoms with Crippen LogP contribution >= 0.6 is 23.1 Å². The summed E-state index contributed by atoms with van der Waals surface area (Å²) in [7, 11) is 0. The van der Waals surface area contributed by atoms with Crippen molar-refractivity contribution in [3.63, 3.8) is 0 Å².